The maximum atomic E-state index is 12.6. The average molecular weight is 284 g/mol. The Bertz CT molecular complexity index is 603. The molecule has 20 heavy (non-hydrogen) atoms. The fourth-order valence-corrected chi connectivity index (χ4v) is 1.76. The van der Waals surface area contributed by atoms with Gasteiger partial charge >= 0.3 is 6.18 Å². The number of rotatable bonds is 1. The van der Waals surface area contributed by atoms with E-state index in [0.717, 1.165) is 6.07 Å². The highest BCUT2D eigenvalue weighted by atomic mass is 19.4. The smallest absolute Gasteiger partial charge is 0.362 e. The first kappa shape index (κ1) is 14.0. The molecule has 0 saturated carbocycles. The SMILES string of the molecule is N#Cc1cc(C(F)(F)F)ccc1N1C(=O)COCC1=O. The van der Waals surface area contributed by atoms with Gasteiger partial charge in [0, 0.05) is 0 Å². The van der Waals surface area contributed by atoms with E-state index >= 15 is 0 Å². The lowest BCUT2D eigenvalue weighted by molar-refractivity contribution is -0.138. The van der Waals surface area contributed by atoms with Crippen molar-refractivity contribution in [2.45, 2.75) is 6.18 Å². The van der Waals surface area contributed by atoms with Gasteiger partial charge in [0.2, 0.25) is 0 Å². The molecule has 0 unspecified atom stereocenters. The molecule has 5 nitrogen and oxygen atoms in total. The number of alkyl halides is 3. The van der Waals surface area contributed by atoms with E-state index in [-0.39, 0.29) is 18.9 Å². The van der Waals surface area contributed by atoms with E-state index in [0.29, 0.717) is 17.0 Å². The predicted octanol–water partition coefficient (Wildman–Crippen LogP) is 1.47. The fourth-order valence-electron chi connectivity index (χ4n) is 1.76. The Morgan fingerprint density at radius 3 is 2.30 bits per heavy atom. The number of nitrogens with zero attached hydrogens (tertiary/aromatic N) is 2. The van der Waals surface area contributed by atoms with Gasteiger partial charge < -0.3 is 4.74 Å². The quantitative estimate of drug-likeness (QED) is 0.732. The van der Waals surface area contributed by atoms with Gasteiger partial charge in [0.1, 0.15) is 19.3 Å². The highest BCUT2D eigenvalue weighted by molar-refractivity contribution is 6.17. The van der Waals surface area contributed by atoms with Crippen LogP contribution in [0.2, 0.25) is 0 Å². The molecule has 0 atom stereocenters. The van der Waals surface area contributed by atoms with E-state index in [1.165, 1.54) is 0 Å². The summed E-state index contributed by atoms with van der Waals surface area (Å²) >= 11 is 0. The number of ether oxygens (including phenoxy) is 1. The third-order valence-electron chi connectivity index (χ3n) is 2.64. The minimum absolute atomic E-state index is 0.168. The molecule has 0 spiro atoms. The number of carbonyl (C=O) groups is 2. The fraction of sp³-hybridized carbons (Fsp3) is 0.250. The molecule has 0 radical (unpaired) electrons. The summed E-state index contributed by atoms with van der Waals surface area (Å²) in [6, 6.07) is 3.81. The molecular weight excluding hydrogens is 277 g/mol. The topological polar surface area (TPSA) is 70.4 Å². The first-order valence-corrected chi connectivity index (χ1v) is 5.39. The van der Waals surface area contributed by atoms with Gasteiger partial charge in [-0.25, -0.2) is 4.90 Å². The van der Waals surface area contributed by atoms with Gasteiger partial charge in [0.05, 0.1) is 16.8 Å². The highest BCUT2D eigenvalue weighted by Gasteiger charge is 2.34. The maximum Gasteiger partial charge on any atom is 0.416 e. The molecule has 1 saturated heterocycles. The van der Waals surface area contributed by atoms with Crippen LogP contribution in [0, 0.1) is 11.3 Å². The van der Waals surface area contributed by atoms with Crippen molar-refractivity contribution >= 4 is 17.5 Å². The second kappa shape index (κ2) is 4.94. The molecule has 0 aliphatic carbocycles. The van der Waals surface area contributed by atoms with Crippen molar-refractivity contribution in [2.75, 3.05) is 18.1 Å². The van der Waals surface area contributed by atoms with E-state index in [1.807, 2.05) is 0 Å². The van der Waals surface area contributed by atoms with Crippen LogP contribution in [0.4, 0.5) is 18.9 Å². The first-order chi connectivity index (χ1) is 9.34. The van der Waals surface area contributed by atoms with Gasteiger partial charge in [-0.05, 0) is 18.2 Å². The van der Waals surface area contributed by atoms with Crippen LogP contribution in [0.15, 0.2) is 18.2 Å². The van der Waals surface area contributed by atoms with E-state index in [2.05, 4.69) is 0 Å². The molecule has 0 bridgehead atoms. The van der Waals surface area contributed by atoms with Crippen molar-refractivity contribution in [3.63, 3.8) is 0 Å². The van der Waals surface area contributed by atoms with Crippen molar-refractivity contribution in [3.8, 4) is 6.07 Å². The van der Waals surface area contributed by atoms with Crippen molar-refractivity contribution < 1.29 is 27.5 Å². The summed E-state index contributed by atoms with van der Waals surface area (Å²) in [5.41, 5.74) is -1.59. The standard InChI is InChI=1S/C12H7F3N2O3/c13-12(14,15)8-1-2-9(7(3-8)4-16)17-10(18)5-20-6-11(17)19/h1-3H,5-6H2. The molecule has 1 aromatic rings. The molecule has 0 aromatic heterocycles. The summed E-state index contributed by atoms with van der Waals surface area (Å²) in [5, 5.41) is 8.91. The molecule has 1 aromatic carbocycles. The number of benzene rings is 1. The van der Waals surface area contributed by atoms with E-state index in [1.54, 1.807) is 6.07 Å². The minimum atomic E-state index is -4.61. The molecule has 1 fully saturated rings. The summed E-state index contributed by atoms with van der Waals surface area (Å²) in [4.78, 5) is 23.9. The molecule has 104 valence electrons. The van der Waals surface area contributed by atoms with Gasteiger partial charge in [0.25, 0.3) is 11.8 Å². The lowest BCUT2D eigenvalue weighted by Crippen LogP contribution is -2.46. The second-order valence-electron chi connectivity index (χ2n) is 3.96. The van der Waals surface area contributed by atoms with Crippen LogP contribution >= 0.6 is 0 Å². The van der Waals surface area contributed by atoms with Crippen molar-refractivity contribution in [2.24, 2.45) is 0 Å². The lowest BCUT2D eigenvalue weighted by atomic mass is 10.1. The van der Waals surface area contributed by atoms with Crippen LogP contribution in [0.5, 0.6) is 0 Å². The van der Waals surface area contributed by atoms with E-state index in [9.17, 15) is 22.8 Å². The number of halogens is 3. The largest absolute Gasteiger partial charge is 0.416 e. The monoisotopic (exact) mass is 284 g/mol. The summed E-state index contributed by atoms with van der Waals surface area (Å²) in [6.45, 7) is -0.727. The highest BCUT2D eigenvalue weighted by Crippen LogP contribution is 2.33. The van der Waals surface area contributed by atoms with Gasteiger partial charge in [-0.15, -0.1) is 0 Å². The Labute approximate surface area is 111 Å². The maximum absolute atomic E-state index is 12.6. The Kier molecular flexibility index (Phi) is 3.46. The third kappa shape index (κ3) is 2.48. The number of amides is 2. The summed E-state index contributed by atoms with van der Waals surface area (Å²) in [7, 11) is 0. The van der Waals surface area contributed by atoms with E-state index < -0.39 is 29.1 Å². The molecule has 2 amide bonds. The van der Waals surface area contributed by atoms with Gasteiger partial charge in [-0.3, -0.25) is 9.59 Å². The number of nitriles is 1. The summed E-state index contributed by atoms with van der Waals surface area (Å²) < 4.78 is 42.4. The molecule has 1 heterocycles. The zero-order valence-electron chi connectivity index (χ0n) is 9.90. The van der Waals surface area contributed by atoms with Gasteiger partial charge in [-0.2, -0.15) is 18.4 Å². The first-order valence-electron chi connectivity index (χ1n) is 5.39. The number of hydrogen-bond donors (Lipinski definition) is 0. The van der Waals surface area contributed by atoms with Crippen LogP contribution in [-0.2, 0) is 20.5 Å². The Hall–Kier alpha value is -2.40. The van der Waals surface area contributed by atoms with Gasteiger partial charge in [-0.1, -0.05) is 0 Å². The summed E-state index contributed by atoms with van der Waals surface area (Å²) in [6.07, 6.45) is -4.61. The van der Waals surface area contributed by atoms with Crippen molar-refractivity contribution in [1.82, 2.24) is 0 Å². The van der Waals surface area contributed by atoms with Crippen LogP contribution in [0.1, 0.15) is 11.1 Å². The van der Waals surface area contributed by atoms with Crippen LogP contribution < -0.4 is 4.90 Å². The molecule has 8 heteroatoms. The molecular formula is C12H7F3N2O3. The zero-order chi connectivity index (χ0) is 14.9. The number of hydrogen-bond acceptors (Lipinski definition) is 4. The third-order valence-corrected chi connectivity index (χ3v) is 2.64. The normalized spacial score (nSPS) is 16.2. The predicted molar refractivity (Wildman–Crippen MR) is 59.5 cm³/mol. The summed E-state index contributed by atoms with van der Waals surface area (Å²) in [5.74, 6) is -1.45. The van der Waals surface area contributed by atoms with Crippen molar-refractivity contribution in [1.29, 1.82) is 5.26 Å². The Morgan fingerprint density at radius 1 is 1.20 bits per heavy atom. The van der Waals surface area contributed by atoms with Crippen LogP contribution in [-0.4, -0.2) is 25.0 Å². The molecule has 1 aliphatic heterocycles. The molecule has 0 N–H and O–H groups in total. The Balaban J connectivity index is 2.50. The van der Waals surface area contributed by atoms with Gasteiger partial charge in [0.15, 0.2) is 0 Å². The Morgan fingerprint density at radius 2 is 1.80 bits per heavy atom. The minimum Gasteiger partial charge on any atom is -0.362 e. The number of carbonyl (C=O) groups excluding carboxylic acids is 2. The van der Waals surface area contributed by atoms with Crippen molar-refractivity contribution in [3.05, 3.63) is 29.3 Å². The van der Waals surface area contributed by atoms with Crippen LogP contribution in [0.3, 0.4) is 0 Å². The zero-order valence-corrected chi connectivity index (χ0v) is 9.90. The average Bonchev–Trinajstić information content (AvgIpc) is 2.37. The lowest BCUT2D eigenvalue weighted by Gasteiger charge is -2.25. The number of morpholine rings is 1. The number of anilines is 1. The second-order valence-corrected chi connectivity index (χ2v) is 3.96. The van der Waals surface area contributed by atoms with E-state index in [4.69, 9.17) is 10.00 Å². The number of imide groups is 1. The molecule has 2 rings (SSSR count). The molecule has 1 aliphatic rings. The van der Waals surface area contributed by atoms with Crippen LogP contribution in [0.25, 0.3) is 0 Å².